The highest BCUT2D eigenvalue weighted by atomic mass is 32.2. The van der Waals surface area contributed by atoms with E-state index in [2.05, 4.69) is 5.32 Å². The Morgan fingerprint density at radius 1 is 1.15 bits per heavy atom. The van der Waals surface area contributed by atoms with Gasteiger partial charge >= 0.3 is 0 Å². The second kappa shape index (κ2) is 12.7. The smallest absolute Gasteiger partial charge is 0.258 e. The maximum Gasteiger partial charge on any atom is 0.258 e. The van der Waals surface area contributed by atoms with Gasteiger partial charge in [-0.25, -0.2) is 8.42 Å². The number of carbonyl (C=O) groups excluding carboxylic acids is 2. The van der Waals surface area contributed by atoms with E-state index in [1.807, 2.05) is 13.8 Å². The number of rotatable bonds is 8. The number of ether oxygens (including phenoxy) is 1. The number of amides is 2. The number of nitrogens with one attached hydrogen (secondary N) is 1. The first-order valence-corrected chi connectivity index (χ1v) is 15.5. The van der Waals surface area contributed by atoms with Crippen LogP contribution in [-0.4, -0.2) is 73.4 Å². The van der Waals surface area contributed by atoms with E-state index in [9.17, 15) is 23.1 Å². The lowest BCUT2D eigenvalue weighted by Crippen LogP contribution is -2.50. The number of aliphatic hydroxyl groups excluding tert-OH is 1. The highest BCUT2D eigenvalue weighted by Gasteiger charge is 2.35. The highest BCUT2D eigenvalue weighted by Crippen LogP contribution is 2.32. The lowest BCUT2D eigenvalue weighted by atomic mass is 9.88. The molecule has 2 aromatic rings. The summed E-state index contributed by atoms with van der Waals surface area (Å²) in [6.07, 6.45) is 4.37. The van der Waals surface area contributed by atoms with Gasteiger partial charge in [-0.15, -0.1) is 0 Å². The van der Waals surface area contributed by atoms with E-state index >= 15 is 0 Å². The quantitative estimate of drug-likeness (QED) is 0.494. The number of aliphatic hydroxyl groups is 1. The number of aryl methyl sites for hydroxylation is 1. The van der Waals surface area contributed by atoms with Gasteiger partial charge in [0.25, 0.3) is 5.91 Å². The Morgan fingerprint density at radius 2 is 1.82 bits per heavy atom. The third kappa shape index (κ3) is 6.67. The Hall–Kier alpha value is -2.95. The predicted molar refractivity (Wildman–Crippen MR) is 154 cm³/mol. The first-order chi connectivity index (χ1) is 19.0. The summed E-state index contributed by atoms with van der Waals surface area (Å²) in [7, 11) is -2.25. The Balaban J connectivity index is 1.62. The zero-order valence-electron chi connectivity index (χ0n) is 23.8. The molecule has 9 nitrogen and oxygen atoms in total. The number of carbonyl (C=O) groups is 2. The Labute approximate surface area is 237 Å². The van der Waals surface area contributed by atoms with Gasteiger partial charge < -0.3 is 20.1 Å². The molecule has 0 saturated heterocycles. The van der Waals surface area contributed by atoms with Crippen molar-refractivity contribution in [1.82, 2.24) is 9.21 Å². The van der Waals surface area contributed by atoms with Crippen LogP contribution in [0.25, 0.3) is 0 Å². The molecule has 40 heavy (non-hydrogen) atoms. The molecule has 1 heterocycles. The Bertz CT molecular complexity index is 1310. The molecule has 10 heteroatoms. The molecule has 218 valence electrons. The van der Waals surface area contributed by atoms with Gasteiger partial charge in [-0.3, -0.25) is 9.59 Å². The topological polar surface area (TPSA) is 116 Å². The molecule has 2 aromatic carbocycles. The largest absolute Gasteiger partial charge is 0.488 e. The van der Waals surface area contributed by atoms with E-state index in [-0.39, 0.29) is 53.8 Å². The summed E-state index contributed by atoms with van der Waals surface area (Å²) in [5.74, 6) is -0.323. The molecule has 1 aliphatic carbocycles. The molecule has 0 spiro atoms. The van der Waals surface area contributed by atoms with Crippen molar-refractivity contribution in [3.05, 3.63) is 53.6 Å². The van der Waals surface area contributed by atoms with E-state index in [0.29, 0.717) is 11.4 Å². The number of anilines is 1. The van der Waals surface area contributed by atoms with Crippen molar-refractivity contribution >= 4 is 27.5 Å². The van der Waals surface area contributed by atoms with Crippen molar-refractivity contribution < 1.29 is 27.9 Å². The second-order valence-electron chi connectivity index (χ2n) is 11.3. The van der Waals surface area contributed by atoms with Gasteiger partial charge in [0.1, 0.15) is 11.9 Å². The van der Waals surface area contributed by atoms with Gasteiger partial charge in [0, 0.05) is 31.1 Å². The molecule has 3 atom stereocenters. The lowest BCUT2D eigenvalue weighted by Gasteiger charge is -2.38. The van der Waals surface area contributed by atoms with E-state index in [4.69, 9.17) is 4.74 Å². The number of nitrogens with zero attached hydrogens (tertiary/aromatic N) is 2. The maximum absolute atomic E-state index is 13.7. The van der Waals surface area contributed by atoms with Crippen molar-refractivity contribution in [3.63, 3.8) is 0 Å². The summed E-state index contributed by atoms with van der Waals surface area (Å²) in [4.78, 5) is 28.4. The molecule has 1 aliphatic heterocycles. The highest BCUT2D eigenvalue weighted by molar-refractivity contribution is 7.89. The Morgan fingerprint density at radius 3 is 2.48 bits per heavy atom. The van der Waals surface area contributed by atoms with Gasteiger partial charge in [0.05, 0.1) is 29.7 Å². The number of fused-ring (bicyclic) bond motifs is 1. The molecule has 4 rings (SSSR count). The average Bonchev–Trinajstić information content (AvgIpc) is 2.95. The van der Waals surface area contributed by atoms with E-state index in [0.717, 1.165) is 37.7 Å². The summed E-state index contributed by atoms with van der Waals surface area (Å²) in [5, 5.41) is 12.9. The molecule has 2 amide bonds. The average molecular weight is 572 g/mol. The molecular formula is C30H41N3O6S. The standard InChI is InChI=1S/C30H41N3O6S/c1-20-10-13-25(14-11-20)40(37,38)32(4)18-28-21(2)17-33(22(3)19-34)30(36)26-16-24(12-15-27(26)39-28)31-29(35)23-8-6-5-7-9-23/h10-16,21-23,28,34H,5-9,17-19H2,1-4H3,(H,31,35)/t21-,22+,28-/m0/s1. The molecule has 2 aliphatic rings. The van der Waals surface area contributed by atoms with Crippen LogP contribution in [0.3, 0.4) is 0 Å². The first kappa shape index (κ1) is 30.0. The molecule has 0 aromatic heterocycles. The normalized spacial score (nSPS) is 21.2. The van der Waals surface area contributed by atoms with E-state index in [1.165, 1.54) is 11.4 Å². The third-order valence-corrected chi connectivity index (χ3v) is 9.91. The van der Waals surface area contributed by atoms with Gasteiger partial charge in [0.15, 0.2) is 0 Å². The van der Waals surface area contributed by atoms with Crippen LogP contribution >= 0.6 is 0 Å². The van der Waals surface area contributed by atoms with Crippen molar-refractivity contribution in [2.45, 2.75) is 69.9 Å². The monoisotopic (exact) mass is 571 g/mol. The van der Waals surface area contributed by atoms with Crippen LogP contribution in [0.2, 0.25) is 0 Å². The SMILES string of the molecule is Cc1ccc(S(=O)(=O)N(C)C[C@@H]2Oc3ccc(NC(=O)C4CCCCC4)cc3C(=O)N([C@H](C)CO)C[C@@H]2C)cc1. The summed E-state index contributed by atoms with van der Waals surface area (Å²) < 4.78 is 34.2. The fraction of sp³-hybridized carbons (Fsp3) is 0.533. The zero-order valence-corrected chi connectivity index (χ0v) is 24.6. The maximum atomic E-state index is 13.7. The van der Waals surface area contributed by atoms with Crippen LogP contribution in [0, 0.1) is 18.8 Å². The van der Waals surface area contributed by atoms with Gasteiger partial charge in [0.2, 0.25) is 15.9 Å². The fourth-order valence-corrected chi connectivity index (χ4v) is 6.55. The van der Waals surface area contributed by atoms with Crippen molar-refractivity contribution in [3.8, 4) is 5.75 Å². The minimum Gasteiger partial charge on any atom is -0.488 e. The number of likely N-dealkylation sites (N-methyl/N-ethyl adjacent to an activating group) is 1. The number of benzene rings is 2. The third-order valence-electron chi connectivity index (χ3n) is 8.07. The summed E-state index contributed by atoms with van der Waals surface area (Å²) in [5.41, 5.74) is 1.74. The van der Waals surface area contributed by atoms with Gasteiger partial charge in [-0.2, -0.15) is 4.31 Å². The van der Waals surface area contributed by atoms with E-state index in [1.54, 1.807) is 54.3 Å². The van der Waals surface area contributed by atoms with Crippen LogP contribution in [-0.2, 0) is 14.8 Å². The number of sulfonamides is 1. The number of hydrogen-bond donors (Lipinski definition) is 2. The van der Waals surface area contributed by atoms with Crippen molar-refractivity contribution in [2.75, 3.05) is 32.1 Å². The molecule has 0 bridgehead atoms. The first-order valence-electron chi connectivity index (χ1n) is 14.1. The molecular weight excluding hydrogens is 530 g/mol. The fourth-order valence-electron chi connectivity index (χ4n) is 5.37. The van der Waals surface area contributed by atoms with Crippen LogP contribution in [0.15, 0.2) is 47.4 Å². The van der Waals surface area contributed by atoms with Crippen LogP contribution < -0.4 is 10.1 Å². The number of hydrogen-bond acceptors (Lipinski definition) is 6. The minimum atomic E-state index is -3.77. The molecule has 1 fully saturated rings. The van der Waals surface area contributed by atoms with Crippen molar-refractivity contribution in [2.24, 2.45) is 11.8 Å². The van der Waals surface area contributed by atoms with Crippen LogP contribution in [0.4, 0.5) is 5.69 Å². The van der Waals surface area contributed by atoms with Crippen molar-refractivity contribution in [1.29, 1.82) is 0 Å². The molecule has 1 saturated carbocycles. The van der Waals surface area contributed by atoms with Gasteiger partial charge in [-0.1, -0.05) is 43.9 Å². The summed E-state index contributed by atoms with van der Waals surface area (Å²) in [6.45, 7) is 5.68. The zero-order chi connectivity index (χ0) is 29.0. The summed E-state index contributed by atoms with van der Waals surface area (Å²) in [6, 6.07) is 11.2. The minimum absolute atomic E-state index is 0.0372. The second-order valence-corrected chi connectivity index (χ2v) is 13.3. The van der Waals surface area contributed by atoms with Crippen LogP contribution in [0.5, 0.6) is 5.75 Å². The molecule has 0 radical (unpaired) electrons. The van der Waals surface area contributed by atoms with Gasteiger partial charge in [-0.05, 0) is 57.0 Å². The molecule has 0 unspecified atom stereocenters. The van der Waals surface area contributed by atoms with E-state index < -0.39 is 22.2 Å². The predicted octanol–water partition coefficient (Wildman–Crippen LogP) is 4.05. The summed E-state index contributed by atoms with van der Waals surface area (Å²) >= 11 is 0. The van der Waals surface area contributed by atoms with Crippen LogP contribution in [0.1, 0.15) is 61.9 Å². The molecule has 2 N–H and O–H groups in total. The lowest BCUT2D eigenvalue weighted by molar-refractivity contribution is -0.120. The Kier molecular flexibility index (Phi) is 9.53.